The second kappa shape index (κ2) is 3.29. The van der Waals surface area contributed by atoms with E-state index in [1.807, 2.05) is 13.8 Å². The van der Waals surface area contributed by atoms with E-state index in [1.165, 1.54) is 0 Å². The summed E-state index contributed by atoms with van der Waals surface area (Å²) in [6, 6.07) is 3.51. The molecule has 4 heteroatoms. The quantitative estimate of drug-likeness (QED) is 0.726. The fourth-order valence-corrected chi connectivity index (χ4v) is 1.43. The van der Waals surface area contributed by atoms with Gasteiger partial charge in [0.25, 0.3) is 0 Å². The highest BCUT2D eigenvalue weighted by atomic mass is 16.4. The lowest BCUT2D eigenvalue weighted by Crippen LogP contribution is -2.17. The van der Waals surface area contributed by atoms with Gasteiger partial charge in [-0.3, -0.25) is 4.57 Å². The second-order valence-electron chi connectivity index (χ2n) is 3.70. The lowest BCUT2D eigenvalue weighted by molar-refractivity contribution is 0.458. The minimum atomic E-state index is -0.326. The van der Waals surface area contributed by atoms with E-state index in [0.717, 1.165) is 0 Å². The molecular weight excluding hydrogens is 180 g/mol. The molecule has 0 spiro atoms. The van der Waals surface area contributed by atoms with Gasteiger partial charge in [-0.2, -0.15) is 0 Å². The van der Waals surface area contributed by atoms with E-state index in [1.54, 1.807) is 22.9 Å². The molecule has 2 heterocycles. The zero-order valence-electron chi connectivity index (χ0n) is 8.23. The van der Waals surface area contributed by atoms with Gasteiger partial charge in [0.2, 0.25) is 0 Å². The molecule has 0 N–H and O–H groups in total. The average Bonchev–Trinajstić information content (AvgIpc) is 2.43. The maximum absolute atomic E-state index is 11.4. The summed E-state index contributed by atoms with van der Waals surface area (Å²) in [6.07, 6.45) is 1.66. The average molecular weight is 192 g/mol. The lowest BCUT2D eigenvalue weighted by Gasteiger charge is -2.03. The Morgan fingerprint density at radius 2 is 2.36 bits per heavy atom. The first-order valence-corrected chi connectivity index (χ1v) is 4.63. The summed E-state index contributed by atoms with van der Waals surface area (Å²) < 4.78 is 6.61. The Labute approximate surface area is 81.2 Å². The molecule has 14 heavy (non-hydrogen) atoms. The highest BCUT2D eigenvalue weighted by Crippen LogP contribution is 2.10. The normalized spacial score (nSPS) is 11.4. The first-order chi connectivity index (χ1) is 6.68. The Balaban J connectivity index is 2.62. The summed E-state index contributed by atoms with van der Waals surface area (Å²) in [5.74, 6) is 0.0721. The topological polar surface area (TPSA) is 48.0 Å². The molecule has 0 aromatic carbocycles. The Kier molecular flexibility index (Phi) is 2.11. The SMILES string of the molecule is CC(C)Cn1c(=O)oc2cccnc21. The molecule has 0 amide bonds. The van der Waals surface area contributed by atoms with Gasteiger partial charge in [0.1, 0.15) is 0 Å². The zero-order chi connectivity index (χ0) is 10.1. The highest BCUT2D eigenvalue weighted by molar-refractivity contribution is 5.67. The van der Waals surface area contributed by atoms with Gasteiger partial charge in [0.05, 0.1) is 0 Å². The number of hydrogen-bond donors (Lipinski definition) is 0. The van der Waals surface area contributed by atoms with Gasteiger partial charge in [0.15, 0.2) is 11.2 Å². The van der Waals surface area contributed by atoms with Crippen LogP contribution in [0.5, 0.6) is 0 Å². The molecule has 0 bridgehead atoms. The number of aromatic nitrogens is 2. The van der Waals surface area contributed by atoms with E-state index in [9.17, 15) is 4.79 Å². The Hall–Kier alpha value is -1.58. The first kappa shape index (κ1) is 8.99. The van der Waals surface area contributed by atoms with Gasteiger partial charge in [-0.05, 0) is 18.1 Å². The van der Waals surface area contributed by atoms with Crippen molar-refractivity contribution in [3.05, 3.63) is 28.9 Å². The number of nitrogens with zero attached hydrogens (tertiary/aromatic N) is 2. The van der Waals surface area contributed by atoms with Crippen LogP contribution >= 0.6 is 0 Å². The third-order valence-corrected chi connectivity index (χ3v) is 1.97. The maximum atomic E-state index is 11.4. The lowest BCUT2D eigenvalue weighted by atomic mass is 10.2. The molecule has 0 aliphatic heterocycles. The van der Waals surface area contributed by atoms with E-state index in [4.69, 9.17) is 4.42 Å². The third-order valence-electron chi connectivity index (χ3n) is 1.97. The van der Waals surface area contributed by atoms with E-state index in [2.05, 4.69) is 4.98 Å². The molecule has 0 saturated heterocycles. The van der Waals surface area contributed by atoms with Crippen LogP contribution in [0.3, 0.4) is 0 Å². The predicted octanol–water partition coefficient (Wildman–Crippen LogP) is 1.65. The molecule has 0 aliphatic carbocycles. The Morgan fingerprint density at radius 3 is 3.07 bits per heavy atom. The van der Waals surface area contributed by atoms with Gasteiger partial charge in [-0.1, -0.05) is 13.8 Å². The number of pyridine rings is 1. The molecule has 0 atom stereocenters. The second-order valence-corrected chi connectivity index (χ2v) is 3.70. The molecule has 0 fully saturated rings. The molecule has 74 valence electrons. The van der Waals surface area contributed by atoms with Crippen LogP contribution < -0.4 is 5.76 Å². The number of fused-ring (bicyclic) bond motifs is 1. The Morgan fingerprint density at radius 1 is 1.57 bits per heavy atom. The summed E-state index contributed by atoms with van der Waals surface area (Å²) in [5, 5.41) is 0. The van der Waals surface area contributed by atoms with Gasteiger partial charge in [0, 0.05) is 12.7 Å². The Bertz CT molecular complexity index is 496. The zero-order valence-corrected chi connectivity index (χ0v) is 8.23. The summed E-state index contributed by atoms with van der Waals surface area (Å²) in [7, 11) is 0. The van der Waals surface area contributed by atoms with Gasteiger partial charge < -0.3 is 4.42 Å². The molecule has 0 unspecified atom stereocenters. The smallest absolute Gasteiger partial charge is 0.406 e. The molecule has 0 saturated carbocycles. The van der Waals surface area contributed by atoms with Crippen molar-refractivity contribution in [1.29, 1.82) is 0 Å². The number of rotatable bonds is 2. The van der Waals surface area contributed by atoms with E-state index in [0.29, 0.717) is 23.7 Å². The minimum Gasteiger partial charge on any atom is -0.406 e. The van der Waals surface area contributed by atoms with Crippen LogP contribution in [0.4, 0.5) is 0 Å². The molecular formula is C10H12N2O2. The highest BCUT2D eigenvalue weighted by Gasteiger charge is 2.10. The van der Waals surface area contributed by atoms with Crippen LogP contribution in [0.15, 0.2) is 27.5 Å². The number of hydrogen-bond acceptors (Lipinski definition) is 3. The van der Waals surface area contributed by atoms with Crippen molar-refractivity contribution in [2.75, 3.05) is 0 Å². The fourth-order valence-electron chi connectivity index (χ4n) is 1.43. The standard InChI is InChI=1S/C10H12N2O2/c1-7(2)6-12-9-8(14-10(12)13)4-3-5-11-9/h3-5,7H,6H2,1-2H3. The van der Waals surface area contributed by atoms with Crippen LogP contribution in [0.2, 0.25) is 0 Å². The molecule has 4 nitrogen and oxygen atoms in total. The molecule has 2 aromatic rings. The first-order valence-electron chi connectivity index (χ1n) is 4.63. The van der Waals surface area contributed by atoms with Crippen LogP contribution in [0.25, 0.3) is 11.2 Å². The van der Waals surface area contributed by atoms with Crippen molar-refractivity contribution in [2.45, 2.75) is 20.4 Å². The van der Waals surface area contributed by atoms with E-state index >= 15 is 0 Å². The van der Waals surface area contributed by atoms with Crippen LogP contribution in [0, 0.1) is 5.92 Å². The molecule has 2 aromatic heterocycles. The third kappa shape index (κ3) is 1.43. The van der Waals surface area contributed by atoms with E-state index < -0.39 is 0 Å². The summed E-state index contributed by atoms with van der Waals surface area (Å²) in [5.41, 5.74) is 1.18. The van der Waals surface area contributed by atoms with Crippen LogP contribution in [-0.2, 0) is 6.54 Å². The monoisotopic (exact) mass is 192 g/mol. The van der Waals surface area contributed by atoms with Gasteiger partial charge in [-0.15, -0.1) is 0 Å². The maximum Gasteiger partial charge on any atom is 0.421 e. The van der Waals surface area contributed by atoms with Crippen molar-refractivity contribution < 1.29 is 4.42 Å². The summed E-state index contributed by atoms with van der Waals surface area (Å²) >= 11 is 0. The minimum absolute atomic E-state index is 0.326. The van der Waals surface area contributed by atoms with Crippen molar-refractivity contribution in [3.8, 4) is 0 Å². The van der Waals surface area contributed by atoms with Crippen LogP contribution in [-0.4, -0.2) is 9.55 Å². The number of oxazole rings is 1. The van der Waals surface area contributed by atoms with Gasteiger partial charge in [-0.25, -0.2) is 9.78 Å². The molecule has 0 aliphatic rings. The summed E-state index contributed by atoms with van der Waals surface area (Å²) in [6.45, 7) is 4.74. The fraction of sp³-hybridized carbons (Fsp3) is 0.400. The predicted molar refractivity (Wildman–Crippen MR) is 53.1 cm³/mol. The van der Waals surface area contributed by atoms with Crippen molar-refractivity contribution in [1.82, 2.24) is 9.55 Å². The van der Waals surface area contributed by atoms with Crippen molar-refractivity contribution in [2.24, 2.45) is 5.92 Å². The summed E-state index contributed by atoms with van der Waals surface area (Å²) in [4.78, 5) is 15.6. The largest absolute Gasteiger partial charge is 0.421 e. The molecule has 0 radical (unpaired) electrons. The van der Waals surface area contributed by atoms with Crippen molar-refractivity contribution in [3.63, 3.8) is 0 Å². The molecule has 2 rings (SSSR count). The van der Waals surface area contributed by atoms with Crippen molar-refractivity contribution >= 4 is 11.2 Å². The van der Waals surface area contributed by atoms with Crippen LogP contribution in [0.1, 0.15) is 13.8 Å². The van der Waals surface area contributed by atoms with E-state index in [-0.39, 0.29) is 5.76 Å². The van der Waals surface area contributed by atoms with Gasteiger partial charge >= 0.3 is 5.76 Å².